The minimum Gasteiger partial charge on any atom is -0.495 e. The molecule has 7 heteroatoms. The number of hydrogen-bond donors (Lipinski definition) is 3. The molecule has 2 aromatic carbocycles. The Hall–Kier alpha value is -3.06. The summed E-state index contributed by atoms with van der Waals surface area (Å²) in [4.78, 5) is 15.7. The number of carbonyl (C=O) groups is 1. The van der Waals surface area contributed by atoms with Gasteiger partial charge in [-0.3, -0.25) is 4.79 Å². The number of nitrogens with two attached hydrogens (primary N) is 1. The third-order valence-electron chi connectivity index (χ3n) is 3.59. The fraction of sp³-hybridized carbons (Fsp3) is 0.263. The average molecular weight is 356 g/mol. The quantitative estimate of drug-likeness (QED) is 0.523. The van der Waals surface area contributed by atoms with Gasteiger partial charge in [0, 0.05) is 25.3 Å². The molecule has 0 aliphatic heterocycles. The Kier molecular flexibility index (Phi) is 6.99. The molecule has 0 spiro atoms. The summed E-state index contributed by atoms with van der Waals surface area (Å²) in [5.74, 6) is 0.720. The van der Waals surface area contributed by atoms with Crippen molar-refractivity contribution in [3.05, 3.63) is 53.6 Å². The zero-order valence-corrected chi connectivity index (χ0v) is 15.2. The van der Waals surface area contributed by atoms with Crippen molar-refractivity contribution in [1.82, 2.24) is 0 Å². The second kappa shape index (κ2) is 9.43. The number of benzene rings is 2. The SMILES string of the molecule is COCc1ccccc1NC(N)=NCc1ccc(OC)c(NC(C)=O)c1. The van der Waals surface area contributed by atoms with E-state index in [4.69, 9.17) is 15.2 Å². The van der Waals surface area contributed by atoms with E-state index in [1.165, 1.54) is 6.92 Å². The highest BCUT2D eigenvalue weighted by Gasteiger charge is 2.06. The fourth-order valence-electron chi connectivity index (χ4n) is 2.42. The molecule has 0 saturated heterocycles. The van der Waals surface area contributed by atoms with E-state index in [1.54, 1.807) is 20.3 Å². The standard InChI is InChI=1S/C19H24N4O3/c1-13(24)22-17-10-14(8-9-18(17)26-3)11-21-19(20)23-16-7-5-4-6-15(16)12-25-2/h4-10H,11-12H2,1-3H3,(H,22,24)(H3,20,21,23). The molecular weight excluding hydrogens is 332 g/mol. The van der Waals surface area contributed by atoms with Crippen LogP contribution in [0.1, 0.15) is 18.1 Å². The van der Waals surface area contributed by atoms with Crippen LogP contribution in [-0.2, 0) is 22.7 Å². The molecule has 0 aliphatic carbocycles. The topological polar surface area (TPSA) is 98.0 Å². The molecule has 1 amide bonds. The summed E-state index contributed by atoms with van der Waals surface area (Å²) in [5.41, 5.74) is 9.33. The highest BCUT2D eigenvalue weighted by molar-refractivity contribution is 5.93. The average Bonchev–Trinajstić information content (AvgIpc) is 2.61. The van der Waals surface area contributed by atoms with Crippen molar-refractivity contribution < 1.29 is 14.3 Å². The maximum atomic E-state index is 11.3. The fourth-order valence-corrected chi connectivity index (χ4v) is 2.42. The number of aliphatic imine (C=N–C) groups is 1. The lowest BCUT2D eigenvalue weighted by Crippen LogP contribution is -2.23. The van der Waals surface area contributed by atoms with Gasteiger partial charge in [0.15, 0.2) is 5.96 Å². The molecule has 0 aliphatic rings. The number of rotatable bonds is 7. The van der Waals surface area contributed by atoms with Crippen LogP contribution < -0.4 is 21.1 Å². The first kappa shape index (κ1) is 19.3. The third-order valence-corrected chi connectivity index (χ3v) is 3.59. The molecule has 0 radical (unpaired) electrons. The zero-order chi connectivity index (χ0) is 18.9. The van der Waals surface area contributed by atoms with Gasteiger partial charge in [-0.15, -0.1) is 0 Å². The van der Waals surface area contributed by atoms with Gasteiger partial charge in [0.2, 0.25) is 5.91 Å². The molecule has 4 N–H and O–H groups in total. The van der Waals surface area contributed by atoms with Crippen LogP contribution in [0.4, 0.5) is 11.4 Å². The molecule has 0 fully saturated rings. The summed E-state index contributed by atoms with van der Waals surface area (Å²) >= 11 is 0. The maximum Gasteiger partial charge on any atom is 0.221 e. The second-order valence-electron chi connectivity index (χ2n) is 5.63. The van der Waals surface area contributed by atoms with Gasteiger partial charge in [0.05, 0.1) is 25.9 Å². The van der Waals surface area contributed by atoms with Gasteiger partial charge < -0.3 is 25.8 Å². The molecule has 2 rings (SSSR count). The first-order valence-electron chi connectivity index (χ1n) is 8.11. The summed E-state index contributed by atoms with van der Waals surface area (Å²) in [6, 6.07) is 13.2. The smallest absolute Gasteiger partial charge is 0.221 e. The predicted octanol–water partition coefficient (Wildman–Crippen LogP) is 2.73. The van der Waals surface area contributed by atoms with Crippen molar-refractivity contribution in [3.63, 3.8) is 0 Å². The number of hydrogen-bond acceptors (Lipinski definition) is 4. The van der Waals surface area contributed by atoms with Crippen molar-refractivity contribution in [2.75, 3.05) is 24.9 Å². The maximum absolute atomic E-state index is 11.3. The predicted molar refractivity (Wildman–Crippen MR) is 103 cm³/mol. The molecule has 7 nitrogen and oxygen atoms in total. The van der Waals surface area contributed by atoms with Crippen molar-refractivity contribution in [2.24, 2.45) is 10.7 Å². The molecule has 138 valence electrons. The molecule has 26 heavy (non-hydrogen) atoms. The lowest BCUT2D eigenvalue weighted by atomic mass is 10.2. The molecule has 0 atom stereocenters. The summed E-state index contributed by atoms with van der Waals surface area (Å²) in [6.07, 6.45) is 0. The van der Waals surface area contributed by atoms with Gasteiger partial charge in [-0.05, 0) is 23.8 Å². The summed E-state index contributed by atoms with van der Waals surface area (Å²) in [6.45, 7) is 2.29. The Morgan fingerprint density at radius 1 is 1.12 bits per heavy atom. The lowest BCUT2D eigenvalue weighted by molar-refractivity contribution is -0.114. The van der Waals surface area contributed by atoms with Gasteiger partial charge >= 0.3 is 0 Å². The number of nitrogens with zero attached hydrogens (tertiary/aromatic N) is 1. The van der Waals surface area contributed by atoms with Crippen molar-refractivity contribution in [1.29, 1.82) is 0 Å². The van der Waals surface area contributed by atoms with Crippen LogP contribution in [0.5, 0.6) is 5.75 Å². The summed E-state index contributed by atoms with van der Waals surface area (Å²) < 4.78 is 10.4. The minimum absolute atomic E-state index is 0.167. The van der Waals surface area contributed by atoms with E-state index in [2.05, 4.69) is 15.6 Å². The first-order valence-corrected chi connectivity index (χ1v) is 8.11. The highest BCUT2D eigenvalue weighted by Crippen LogP contribution is 2.25. The molecule has 0 saturated carbocycles. The normalized spacial score (nSPS) is 11.1. The van der Waals surface area contributed by atoms with Crippen LogP contribution in [-0.4, -0.2) is 26.1 Å². The summed E-state index contributed by atoms with van der Waals surface area (Å²) in [5, 5.41) is 5.83. The van der Waals surface area contributed by atoms with Gasteiger partial charge in [0.1, 0.15) is 5.75 Å². The van der Waals surface area contributed by atoms with E-state index in [0.717, 1.165) is 16.8 Å². The van der Waals surface area contributed by atoms with Crippen LogP contribution in [0.2, 0.25) is 0 Å². The number of ether oxygens (including phenoxy) is 2. The summed E-state index contributed by atoms with van der Waals surface area (Å²) in [7, 11) is 3.20. The Balaban J connectivity index is 2.10. The van der Waals surface area contributed by atoms with Gasteiger partial charge in [0.25, 0.3) is 0 Å². The lowest BCUT2D eigenvalue weighted by Gasteiger charge is -2.12. The van der Waals surface area contributed by atoms with Crippen LogP contribution in [0.15, 0.2) is 47.5 Å². The molecule has 0 bridgehead atoms. The Labute approximate surface area is 153 Å². The van der Waals surface area contributed by atoms with Gasteiger partial charge in [-0.2, -0.15) is 0 Å². The largest absolute Gasteiger partial charge is 0.495 e. The Bertz CT molecular complexity index is 790. The molecular formula is C19H24N4O3. The number of anilines is 2. The van der Waals surface area contributed by atoms with E-state index in [9.17, 15) is 4.79 Å². The monoisotopic (exact) mass is 356 g/mol. The van der Waals surface area contributed by atoms with E-state index in [-0.39, 0.29) is 5.91 Å². The number of nitrogens with one attached hydrogen (secondary N) is 2. The van der Waals surface area contributed by atoms with Crippen LogP contribution in [0.3, 0.4) is 0 Å². The minimum atomic E-state index is -0.167. The molecule has 2 aromatic rings. The Morgan fingerprint density at radius 3 is 2.58 bits per heavy atom. The first-order chi connectivity index (χ1) is 12.5. The molecule has 0 heterocycles. The van der Waals surface area contributed by atoms with E-state index >= 15 is 0 Å². The Morgan fingerprint density at radius 2 is 1.88 bits per heavy atom. The van der Waals surface area contributed by atoms with Crippen molar-refractivity contribution in [2.45, 2.75) is 20.1 Å². The van der Waals surface area contributed by atoms with Crippen molar-refractivity contribution in [3.8, 4) is 5.75 Å². The third kappa shape index (κ3) is 5.49. The van der Waals surface area contributed by atoms with Crippen molar-refractivity contribution >= 4 is 23.2 Å². The number of amides is 1. The van der Waals surface area contributed by atoms with Crippen LogP contribution in [0, 0.1) is 0 Å². The van der Waals surface area contributed by atoms with E-state index in [0.29, 0.717) is 30.5 Å². The zero-order valence-electron chi connectivity index (χ0n) is 15.2. The van der Waals surface area contributed by atoms with E-state index < -0.39 is 0 Å². The van der Waals surface area contributed by atoms with Gasteiger partial charge in [-0.25, -0.2) is 4.99 Å². The second-order valence-corrected chi connectivity index (χ2v) is 5.63. The molecule has 0 unspecified atom stereocenters. The van der Waals surface area contributed by atoms with Gasteiger partial charge in [-0.1, -0.05) is 24.3 Å². The van der Waals surface area contributed by atoms with E-state index in [1.807, 2.05) is 36.4 Å². The number of methoxy groups -OCH3 is 2. The van der Waals surface area contributed by atoms with Crippen LogP contribution >= 0.6 is 0 Å². The number of para-hydroxylation sites is 1. The van der Waals surface area contributed by atoms with Crippen LogP contribution in [0.25, 0.3) is 0 Å². The number of guanidine groups is 1. The number of carbonyl (C=O) groups excluding carboxylic acids is 1. The molecule has 0 aromatic heterocycles. The highest BCUT2D eigenvalue weighted by atomic mass is 16.5.